The summed E-state index contributed by atoms with van der Waals surface area (Å²) in [6.07, 6.45) is 1.57. The van der Waals surface area contributed by atoms with Crippen LogP contribution in [-0.2, 0) is 6.54 Å². The minimum absolute atomic E-state index is 0.229. The lowest BCUT2D eigenvalue weighted by atomic mass is 10.4. The van der Waals surface area contributed by atoms with Crippen LogP contribution in [0.1, 0.15) is 22.0 Å². The minimum atomic E-state index is -0.229. The van der Waals surface area contributed by atoms with Crippen molar-refractivity contribution in [2.24, 2.45) is 0 Å². The first-order chi connectivity index (χ1) is 9.72. The van der Waals surface area contributed by atoms with Crippen LogP contribution in [0.3, 0.4) is 0 Å². The highest BCUT2D eigenvalue weighted by Gasteiger charge is 2.13. The maximum atomic E-state index is 12.0. The van der Waals surface area contributed by atoms with E-state index in [1.807, 2.05) is 19.1 Å². The van der Waals surface area contributed by atoms with Gasteiger partial charge in [0.05, 0.1) is 12.8 Å². The van der Waals surface area contributed by atoms with Crippen LogP contribution < -0.4 is 5.32 Å². The van der Waals surface area contributed by atoms with Gasteiger partial charge in [-0.3, -0.25) is 4.79 Å². The minimum Gasteiger partial charge on any atom is -0.467 e. The monoisotopic (exact) mass is 288 g/mol. The number of furan rings is 2. The van der Waals surface area contributed by atoms with Crippen LogP contribution in [0.25, 0.3) is 10.8 Å². The highest BCUT2D eigenvalue weighted by molar-refractivity contribution is 7.13. The Labute approximate surface area is 119 Å². The molecule has 3 aromatic rings. The molecule has 0 aliphatic rings. The fourth-order valence-corrected chi connectivity index (χ4v) is 2.47. The Bertz CT molecular complexity index is 712. The largest absolute Gasteiger partial charge is 0.467 e. The molecule has 20 heavy (non-hydrogen) atoms. The number of amides is 1. The third-order valence-corrected chi connectivity index (χ3v) is 3.55. The van der Waals surface area contributed by atoms with Gasteiger partial charge in [0.1, 0.15) is 17.2 Å². The number of hydrogen-bond donors (Lipinski definition) is 1. The Hall–Kier alpha value is -2.34. The highest BCUT2D eigenvalue weighted by atomic mass is 32.1. The molecule has 0 saturated carbocycles. The predicted molar refractivity (Wildman–Crippen MR) is 74.4 cm³/mol. The van der Waals surface area contributed by atoms with Gasteiger partial charge in [-0.25, -0.2) is 4.98 Å². The molecule has 1 N–H and O–H groups in total. The molecule has 0 fully saturated rings. The summed E-state index contributed by atoms with van der Waals surface area (Å²) >= 11 is 1.38. The molecular formula is C14H12N2O3S. The zero-order valence-corrected chi connectivity index (χ0v) is 11.6. The van der Waals surface area contributed by atoms with E-state index in [0.717, 1.165) is 5.76 Å². The van der Waals surface area contributed by atoms with Gasteiger partial charge in [-0.2, -0.15) is 0 Å². The molecule has 0 aromatic carbocycles. The Balaban J connectivity index is 1.68. The summed E-state index contributed by atoms with van der Waals surface area (Å²) < 4.78 is 10.6. The van der Waals surface area contributed by atoms with Crippen LogP contribution in [-0.4, -0.2) is 10.9 Å². The molecule has 0 saturated heterocycles. The van der Waals surface area contributed by atoms with Crippen LogP contribution in [0, 0.1) is 6.92 Å². The van der Waals surface area contributed by atoms with Crippen molar-refractivity contribution in [1.29, 1.82) is 0 Å². The van der Waals surface area contributed by atoms with Gasteiger partial charge in [0.15, 0.2) is 10.8 Å². The van der Waals surface area contributed by atoms with E-state index in [9.17, 15) is 4.79 Å². The SMILES string of the molecule is Cc1ccc(-c2nc(C(=O)NCc3ccco3)cs2)o1. The number of nitrogens with zero attached hydrogens (tertiary/aromatic N) is 1. The maximum Gasteiger partial charge on any atom is 0.271 e. The van der Waals surface area contributed by atoms with Gasteiger partial charge in [0.25, 0.3) is 5.91 Å². The second-order valence-electron chi connectivity index (χ2n) is 4.21. The van der Waals surface area contributed by atoms with E-state index in [1.54, 1.807) is 23.8 Å². The van der Waals surface area contributed by atoms with Crippen LogP contribution in [0.2, 0.25) is 0 Å². The molecule has 0 unspecified atom stereocenters. The first kappa shape index (κ1) is 12.7. The van der Waals surface area contributed by atoms with Gasteiger partial charge in [-0.05, 0) is 31.2 Å². The highest BCUT2D eigenvalue weighted by Crippen LogP contribution is 2.25. The molecule has 102 valence electrons. The van der Waals surface area contributed by atoms with Crippen LogP contribution in [0.4, 0.5) is 0 Å². The topological polar surface area (TPSA) is 68.3 Å². The molecule has 1 amide bonds. The molecule has 3 heterocycles. The third-order valence-electron chi connectivity index (χ3n) is 2.69. The van der Waals surface area contributed by atoms with E-state index in [0.29, 0.717) is 28.8 Å². The summed E-state index contributed by atoms with van der Waals surface area (Å²) in [5, 5.41) is 5.16. The van der Waals surface area contributed by atoms with Crippen LogP contribution in [0.5, 0.6) is 0 Å². The number of aryl methyl sites for hydroxylation is 1. The van der Waals surface area contributed by atoms with Crippen molar-refractivity contribution >= 4 is 17.2 Å². The molecule has 5 nitrogen and oxygen atoms in total. The molecule has 6 heteroatoms. The average molecular weight is 288 g/mol. The normalized spacial score (nSPS) is 10.7. The van der Waals surface area contributed by atoms with E-state index in [1.165, 1.54) is 11.3 Å². The fraction of sp³-hybridized carbons (Fsp3) is 0.143. The summed E-state index contributed by atoms with van der Waals surface area (Å²) in [6.45, 7) is 2.21. The van der Waals surface area contributed by atoms with Gasteiger partial charge in [-0.15, -0.1) is 11.3 Å². The zero-order valence-electron chi connectivity index (χ0n) is 10.8. The number of nitrogens with one attached hydrogen (secondary N) is 1. The quantitative estimate of drug-likeness (QED) is 0.800. The van der Waals surface area contributed by atoms with Gasteiger partial charge in [-0.1, -0.05) is 0 Å². The van der Waals surface area contributed by atoms with Crippen LogP contribution >= 0.6 is 11.3 Å². The Morgan fingerprint density at radius 2 is 2.30 bits per heavy atom. The molecular weight excluding hydrogens is 276 g/mol. The van der Waals surface area contributed by atoms with E-state index in [-0.39, 0.29) is 5.91 Å². The zero-order chi connectivity index (χ0) is 13.9. The number of hydrogen-bond acceptors (Lipinski definition) is 5. The van der Waals surface area contributed by atoms with Crippen molar-refractivity contribution in [1.82, 2.24) is 10.3 Å². The summed E-state index contributed by atoms with van der Waals surface area (Å²) in [7, 11) is 0. The molecule has 3 aromatic heterocycles. The number of carbonyl (C=O) groups excluding carboxylic acids is 1. The Morgan fingerprint density at radius 3 is 3.00 bits per heavy atom. The van der Waals surface area contributed by atoms with Gasteiger partial charge in [0.2, 0.25) is 0 Å². The van der Waals surface area contributed by atoms with E-state index >= 15 is 0 Å². The van der Waals surface area contributed by atoms with E-state index in [4.69, 9.17) is 8.83 Å². The van der Waals surface area contributed by atoms with Gasteiger partial charge >= 0.3 is 0 Å². The summed E-state index contributed by atoms with van der Waals surface area (Å²) in [5.41, 5.74) is 0.380. The lowest BCUT2D eigenvalue weighted by molar-refractivity contribution is 0.0944. The number of rotatable bonds is 4. The Kier molecular flexibility index (Phi) is 3.39. The summed E-state index contributed by atoms with van der Waals surface area (Å²) in [6, 6.07) is 7.30. The average Bonchev–Trinajstić information content (AvgIpc) is 3.16. The van der Waals surface area contributed by atoms with Crippen molar-refractivity contribution in [2.75, 3.05) is 0 Å². The smallest absolute Gasteiger partial charge is 0.271 e. The van der Waals surface area contributed by atoms with Crippen molar-refractivity contribution in [3.8, 4) is 10.8 Å². The standard InChI is InChI=1S/C14H12N2O3S/c1-9-4-5-12(19-9)14-16-11(8-20-14)13(17)15-7-10-3-2-6-18-10/h2-6,8H,7H2,1H3,(H,15,17). The molecule has 0 spiro atoms. The second kappa shape index (κ2) is 5.34. The lowest BCUT2D eigenvalue weighted by Crippen LogP contribution is -2.22. The van der Waals surface area contributed by atoms with E-state index < -0.39 is 0 Å². The summed E-state index contributed by atoms with van der Waals surface area (Å²) in [5.74, 6) is 1.97. The number of aromatic nitrogens is 1. The lowest BCUT2D eigenvalue weighted by Gasteiger charge is -1.99. The van der Waals surface area contributed by atoms with Crippen molar-refractivity contribution in [2.45, 2.75) is 13.5 Å². The number of thiazole rings is 1. The maximum absolute atomic E-state index is 12.0. The first-order valence-electron chi connectivity index (χ1n) is 6.05. The van der Waals surface area contributed by atoms with Gasteiger partial charge in [0, 0.05) is 5.38 Å². The first-order valence-corrected chi connectivity index (χ1v) is 6.93. The molecule has 0 radical (unpaired) electrons. The van der Waals surface area contributed by atoms with Crippen molar-refractivity contribution in [3.05, 3.63) is 53.1 Å². The van der Waals surface area contributed by atoms with Crippen molar-refractivity contribution < 1.29 is 13.6 Å². The van der Waals surface area contributed by atoms with Crippen LogP contribution in [0.15, 0.2) is 44.7 Å². The molecule has 0 aliphatic heterocycles. The Morgan fingerprint density at radius 1 is 1.40 bits per heavy atom. The van der Waals surface area contributed by atoms with E-state index in [2.05, 4.69) is 10.3 Å². The molecule has 0 aliphatic carbocycles. The van der Waals surface area contributed by atoms with Crippen molar-refractivity contribution in [3.63, 3.8) is 0 Å². The fourth-order valence-electron chi connectivity index (χ4n) is 1.71. The third kappa shape index (κ3) is 2.65. The van der Waals surface area contributed by atoms with Gasteiger partial charge < -0.3 is 14.2 Å². The number of carbonyl (C=O) groups is 1. The second-order valence-corrected chi connectivity index (χ2v) is 5.07. The molecule has 3 rings (SSSR count). The summed E-state index contributed by atoms with van der Waals surface area (Å²) in [4.78, 5) is 16.2. The molecule has 0 bridgehead atoms. The predicted octanol–water partition coefficient (Wildman–Crippen LogP) is 3.23. The molecule has 0 atom stereocenters.